The number of hydrogen-bond acceptors (Lipinski definition) is 3. The Labute approximate surface area is 95.7 Å². The van der Waals surface area contributed by atoms with Gasteiger partial charge >= 0.3 is 11.9 Å². The number of aromatic carboxylic acids is 2. The van der Waals surface area contributed by atoms with Crippen LogP contribution in [0.2, 0.25) is 0 Å². The molecule has 0 amide bonds. The third-order valence-corrected chi connectivity index (χ3v) is 1.23. The van der Waals surface area contributed by atoms with E-state index in [4.69, 9.17) is 10.2 Å². The molecular weight excluding hydrogens is 185 g/mol. The number of nitrogens with zero attached hydrogens (tertiary/aromatic N) is 1. The first-order valence-corrected chi connectivity index (χ1v) is 3.04. The van der Waals surface area contributed by atoms with E-state index in [1.807, 2.05) is 0 Å². The second-order valence-electron chi connectivity index (χ2n) is 2.04. The van der Waals surface area contributed by atoms with Crippen LogP contribution in [0.25, 0.3) is 0 Å². The number of rotatable bonds is 2. The van der Waals surface area contributed by atoms with Crippen LogP contribution < -0.4 is 0 Å². The summed E-state index contributed by atoms with van der Waals surface area (Å²) in [6.45, 7) is 0. The molecular formula is C7H5NNaO4. The predicted molar refractivity (Wildman–Crippen MR) is 43.9 cm³/mol. The molecule has 2 N–H and O–H groups in total. The number of carboxylic acids is 2. The molecule has 0 fully saturated rings. The SMILES string of the molecule is O=C(O)c1ccc(C(=O)O)nc1.[Na]. The Balaban J connectivity index is 0.00000144. The Morgan fingerprint density at radius 2 is 1.77 bits per heavy atom. The van der Waals surface area contributed by atoms with E-state index < -0.39 is 11.9 Å². The second kappa shape index (κ2) is 4.96. The summed E-state index contributed by atoms with van der Waals surface area (Å²) in [5, 5.41) is 16.8. The summed E-state index contributed by atoms with van der Waals surface area (Å²) in [5.41, 5.74) is -0.194. The van der Waals surface area contributed by atoms with Gasteiger partial charge in [-0.1, -0.05) is 0 Å². The molecule has 1 rings (SSSR count). The largest absolute Gasteiger partial charge is 0.478 e. The minimum atomic E-state index is -1.17. The zero-order chi connectivity index (χ0) is 9.14. The number of aromatic nitrogens is 1. The van der Waals surface area contributed by atoms with Crippen molar-refractivity contribution in [3.63, 3.8) is 0 Å². The van der Waals surface area contributed by atoms with E-state index in [2.05, 4.69) is 4.98 Å². The Hall–Kier alpha value is -0.910. The summed E-state index contributed by atoms with van der Waals surface area (Å²) < 4.78 is 0. The van der Waals surface area contributed by atoms with Crippen molar-refractivity contribution in [2.45, 2.75) is 0 Å². The van der Waals surface area contributed by atoms with E-state index in [1.54, 1.807) is 0 Å². The van der Waals surface area contributed by atoms with Gasteiger partial charge in [0.05, 0.1) is 5.56 Å². The van der Waals surface area contributed by atoms with E-state index in [-0.39, 0.29) is 40.8 Å². The minimum Gasteiger partial charge on any atom is -0.478 e. The Kier molecular flexibility index (Phi) is 4.61. The number of carboxylic acid groups (broad SMARTS) is 2. The zero-order valence-electron chi connectivity index (χ0n) is 6.89. The van der Waals surface area contributed by atoms with Crippen LogP contribution in [0.5, 0.6) is 0 Å². The molecule has 0 saturated carbocycles. The maximum atomic E-state index is 10.3. The zero-order valence-corrected chi connectivity index (χ0v) is 8.89. The Bertz CT molecular complexity index is 289. The average molecular weight is 190 g/mol. The Morgan fingerprint density at radius 3 is 2.08 bits per heavy atom. The fourth-order valence-electron chi connectivity index (χ4n) is 0.647. The van der Waals surface area contributed by atoms with E-state index in [1.165, 1.54) is 6.07 Å². The van der Waals surface area contributed by atoms with E-state index in [9.17, 15) is 9.59 Å². The van der Waals surface area contributed by atoms with Crippen molar-refractivity contribution in [3.8, 4) is 0 Å². The molecule has 13 heavy (non-hydrogen) atoms. The number of carbonyl (C=O) groups is 2. The van der Waals surface area contributed by atoms with Gasteiger partial charge < -0.3 is 10.2 Å². The molecule has 0 aromatic carbocycles. The summed E-state index contributed by atoms with van der Waals surface area (Å²) >= 11 is 0. The topological polar surface area (TPSA) is 87.5 Å². The molecule has 0 spiro atoms. The fourth-order valence-corrected chi connectivity index (χ4v) is 0.647. The molecule has 0 bridgehead atoms. The van der Waals surface area contributed by atoms with E-state index in [0.29, 0.717) is 0 Å². The van der Waals surface area contributed by atoms with Crippen molar-refractivity contribution < 1.29 is 19.8 Å². The number of pyridine rings is 1. The van der Waals surface area contributed by atoms with Gasteiger partial charge in [0.15, 0.2) is 0 Å². The summed E-state index contributed by atoms with van der Waals surface area (Å²) in [6.07, 6.45) is 1.01. The van der Waals surface area contributed by atoms with Crippen LogP contribution in [-0.2, 0) is 0 Å². The standard InChI is InChI=1S/C7H5NO4.Na/c9-6(10)4-1-2-5(7(11)12)8-3-4;/h1-3H,(H,9,10)(H,11,12);. The van der Waals surface area contributed by atoms with Gasteiger partial charge in [0, 0.05) is 35.8 Å². The molecule has 0 aliphatic heterocycles. The van der Waals surface area contributed by atoms with Gasteiger partial charge in [-0.2, -0.15) is 0 Å². The van der Waals surface area contributed by atoms with Crippen LogP contribution in [0.4, 0.5) is 0 Å². The van der Waals surface area contributed by atoms with E-state index >= 15 is 0 Å². The summed E-state index contributed by atoms with van der Waals surface area (Å²) in [6, 6.07) is 2.34. The fraction of sp³-hybridized carbons (Fsp3) is 0. The molecule has 0 aliphatic rings. The van der Waals surface area contributed by atoms with Crippen molar-refractivity contribution in [1.82, 2.24) is 4.98 Å². The molecule has 1 heterocycles. The van der Waals surface area contributed by atoms with Crippen LogP contribution in [-0.4, -0.2) is 56.7 Å². The normalized spacial score (nSPS) is 8.62. The average Bonchev–Trinajstić information content (AvgIpc) is 2.04. The minimum absolute atomic E-state index is 0. The van der Waals surface area contributed by atoms with Crippen molar-refractivity contribution in [3.05, 3.63) is 29.6 Å². The van der Waals surface area contributed by atoms with Gasteiger partial charge in [-0.3, -0.25) is 0 Å². The molecule has 0 unspecified atom stereocenters. The quantitative estimate of drug-likeness (QED) is 0.645. The predicted octanol–water partition coefficient (Wildman–Crippen LogP) is 0.0972. The first kappa shape index (κ1) is 12.1. The molecule has 1 aromatic heterocycles. The number of hydrogen-bond donors (Lipinski definition) is 2. The van der Waals surface area contributed by atoms with Crippen LogP contribution in [0.15, 0.2) is 18.3 Å². The van der Waals surface area contributed by atoms with Gasteiger partial charge in [0.2, 0.25) is 0 Å². The molecule has 0 saturated heterocycles. The van der Waals surface area contributed by atoms with Crippen molar-refractivity contribution >= 4 is 41.5 Å². The summed E-state index contributed by atoms with van der Waals surface area (Å²) in [5.74, 6) is -2.30. The monoisotopic (exact) mass is 190 g/mol. The van der Waals surface area contributed by atoms with Gasteiger partial charge in [0.1, 0.15) is 5.69 Å². The molecule has 1 radical (unpaired) electrons. The first-order chi connectivity index (χ1) is 5.61. The van der Waals surface area contributed by atoms with Crippen LogP contribution >= 0.6 is 0 Å². The van der Waals surface area contributed by atoms with Crippen molar-refractivity contribution in [2.24, 2.45) is 0 Å². The van der Waals surface area contributed by atoms with Gasteiger partial charge in [-0.05, 0) is 12.1 Å². The van der Waals surface area contributed by atoms with Crippen LogP contribution in [0.3, 0.4) is 0 Å². The summed E-state index contributed by atoms with van der Waals surface area (Å²) in [4.78, 5) is 24.0. The molecule has 0 aliphatic carbocycles. The Morgan fingerprint density at radius 1 is 1.15 bits per heavy atom. The molecule has 0 atom stereocenters. The third-order valence-electron chi connectivity index (χ3n) is 1.23. The van der Waals surface area contributed by atoms with Gasteiger partial charge in [0.25, 0.3) is 0 Å². The second-order valence-corrected chi connectivity index (χ2v) is 2.04. The molecule has 6 heteroatoms. The first-order valence-electron chi connectivity index (χ1n) is 3.04. The summed E-state index contributed by atoms with van der Waals surface area (Å²) in [7, 11) is 0. The molecule has 63 valence electrons. The van der Waals surface area contributed by atoms with Gasteiger partial charge in [-0.25, -0.2) is 14.6 Å². The van der Waals surface area contributed by atoms with Crippen molar-refractivity contribution in [1.29, 1.82) is 0 Å². The molecule has 1 aromatic rings. The van der Waals surface area contributed by atoms with E-state index in [0.717, 1.165) is 12.3 Å². The maximum Gasteiger partial charge on any atom is 0.354 e. The third kappa shape index (κ3) is 3.14. The molecule has 5 nitrogen and oxygen atoms in total. The van der Waals surface area contributed by atoms with Crippen molar-refractivity contribution in [2.75, 3.05) is 0 Å². The van der Waals surface area contributed by atoms with Gasteiger partial charge in [-0.15, -0.1) is 0 Å². The maximum absolute atomic E-state index is 10.3. The smallest absolute Gasteiger partial charge is 0.354 e. The van der Waals surface area contributed by atoms with Crippen LogP contribution in [0, 0.1) is 0 Å². The van der Waals surface area contributed by atoms with Crippen LogP contribution in [0.1, 0.15) is 20.8 Å².